The third kappa shape index (κ3) is 3.87. The van der Waals surface area contributed by atoms with Crippen LogP contribution in [0.25, 0.3) is 6.08 Å². The molecule has 20 heavy (non-hydrogen) atoms. The molecule has 0 amide bonds. The van der Waals surface area contributed by atoms with Crippen molar-refractivity contribution in [1.82, 2.24) is 0 Å². The second kappa shape index (κ2) is 7.36. The van der Waals surface area contributed by atoms with E-state index in [4.69, 9.17) is 10.00 Å². The molecule has 0 bridgehead atoms. The summed E-state index contributed by atoms with van der Waals surface area (Å²) in [6.45, 7) is 8.15. The Morgan fingerprint density at radius 1 is 1.20 bits per heavy atom. The van der Waals surface area contributed by atoms with Crippen molar-refractivity contribution in [1.29, 1.82) is 10.5 Å². The first-order valence-corrected chi connectivity index (χ1v) is 6.80. The predicted octanol–water partition coefficient (Wildman–Crippen LogP) is 4.28. The number of rotatable bonds is 5. The highest BCUT2D eigenvalue weighted by Gasteiger charge is 2.16. The largest absolute Gasteiger partial charge is 0.489 e. The van der Waals surface area contributed by atoms with Gasteiger partial charge < -0.3 is 4.74 Å². The van der Waals surface area contributed by atoms with Gasteiger partial charge in [-0.3, -0.25) is 0 Å². The Morgan fingerprint density at radius 2 is 1.90 bits per heavy atom. The molecule has 0 spiro atoms. The van der Waals surface area contributed by atoms with Gasteiger partial charge in [-0.25, -0.2) is 0 Å². The molecule has 0 radical (unpaired) electrons. The normalized spacial score (nSPS) is 12.2. The highest BCUT2D eigenvalue weighted by atomic mass is 16.5. The Kier molecular flexibility index (Phi) is 5.81. The van der Waals surface area contributed by atoms with E-state index < -0.39 is 0 Å². The van der Waals surface area contributed by atoms with E-state index in [2.05, 4.69) is 19.9 Å². The van der Waals surface area contributed by atoms with Gasteiger partial charge in [0.2, 0.25) is 0 Å². The van der Waals surface area contributed by atoms with Crippen molar-refractivity contribution in [2.75, 3.05) is 0 Å². The summed E-state index contributed by atoms with van der Waals surface area (Å²) in [7, 11) is 0. The number of hydrogen-bond donors (Lipinski definition) is 0. The maximum atomic E-state index is 9.31. The van der Waals surface area contributed by atoms with Crippen LogP contribution in [-0.4, -0.2) is 6.10 Å². The molecule has 3 nitrogen and oxygen atoms in total. The van der Waals surface area contributed by atoms with Gasteiger partial charge >= 0.3 is 0 Å². The van der Waals surface area contributed by atoms with Crippen LogP contribution in [0, 0.1) is 28.6 Å². The van der Waals surface area contributed by atoms with Crippen molar-refractivity contribution in [3.8, 4) is 17.9 Å². The van der Waals surface area contributed by atoms with Gasteiger partial charge in [-0.2, -0.15) is 10.5 Å². The molecule has 1 rings (SSSR count). The second-order valence-corrected chi connectivity index (χ2v) is 5.19. The summed E-state index contributed by atoms with van der Waals surface area (Å²) in [5.74, 6) is 1.03. The lowest BCUT2D eigenvalue weighted by atomic mass is 10.0. The maximum absolute atomic E-state index is 9.31. The molecule has 3 heteroatoms. The fourth-order valence-electron chi connectivity index (χ4n) is 2.15. The topological polar surface area (TPSA) is 56.8 Å². The molecule has 1 aromatic rings. The number of benzene rings is 1. The van der Waals surface area contributed by atoms with Gasteiger partial charge in [-0.15, -0.1) is 0 Å². The molecule has 0 fully saturated rings. The molecule has 0 heterocycles. The molecule has 104 valence electrons. The highest BCUT2D eigenvalue weighted by molar-refractivity contribution is 5.66. The number of hydrogen-bond acceptors (Lipinski definition) is 3. The van der Waals surface area contributed by atoms with Crippen LogP contribution in [0.1, 0.15) is 50.8 Å². The zero-order chi connectivity index (χ0) is 15.1. The van der Waals surface area contributed by atoms with Crippen LogP contribution < -0.4 is 4.74 Å². The van der Waals surface area contributed by atoms with Crippen LogP contribution in [0.3, 0.4) is 0 Å². The summed E-state index contributed by atoms with van der Waals surface area (Å²) >= 11 is 0. The summed E-state index contributed by atoms with van der Waals surface area (Å²) in [5.41, 5.74) is 1.50. The van der Waals surface area contributed by atoms with Crippen molar-refractivity contribution in [3.63, 3.8) is 0 Å². The minimum atomic E-state index is 0.0000454. The first-order chi connectivity index (χ1) is 9.53. The quantitative estimate of drug-likeness (QED) is 0.801. The van der Waals surface area contributed by atoms with Gasteiger partial charge in [-0.1, -0.05) is 26.0 Å². The van der Waals surface area contributed by atoms with Crippen molar-refractivity contribution >= 4 is 6.08 Å². The zero-order valence-electron chi connectivity index (χ0n) is 12.5. The maximum Gasteiger partial charge on any atom is 0.146 e. The van der Waals surface area contributed by atoms with Crippen molar-refractivity contribution in [2.24, 2.45) is 5.92 Å². The van der Waals surface area contributed by atoms with E-state index in [0.29, 0.717) is 22.8 Å². The van der Waals surface area contributed by atoms with E-state index in [1.807, 2.05) is 38.1 Å². The van der Waals surface area contributed by atoms with Crippen LogP contribution >= 0.6 is 0 Å². The first kappa shape index (κ1) is 15.8. The summed E-state index contributed by atoms with van der Waals surface area (Å²) in [6.07, 6.45) is 4.68. The van der Waals surface area contributed by atoms with Gasteiger partial charge in [0.15, 0.2) is 0 Å². The molecule has 0 saturated carbocycles. The summed E-state index contributed by atoms with van der Waals surface area (Å²) in [6, 6.07) is 7.61. The third-order valence-electron chi connectivity index (χ3n) is 2.89. The fourth-order valence-corrected chi connectivity index (χ4v) is 2.15. The van der Waals surface area contributed by atoms with Gasteiger partial charge in [0, 0.05) is 5.56 Å². The number of nitrogens with zero attached hydrogens (tertiary/aromatic N) is 2. The first-order valence-electron chi connectivity index (χ1n) is 6.80. The lowest BCUT2D eigenvalue weighted by Gasteiger charge is -2.19. The lowest BCUT2D eigenvalue weighted by molar-refractivity contribution is 0.192. The molecule has 0 saturated heterocycles. The monoisotopic (exact) mass is 268 g/mol. The number of ether oxygens (including phenoxy) is 1. The second-order valence-electron chi connectivity index (χ2n) is 5.19. The van der Waals surface area contributed by atoms with E-state index >= 15 is 0 Å². The molecule has 0 aliphatic carbocycles. The molecule has 0 N–H and O–H groups in total. The molecule has 1 unspecified atom stereocenters. The standard InChI is InChI=1S/C17H20N2O/c1-5-6-14-7-8-15(10-18)16(11-19)17(14)20-13(4)9-12(2)3/h5-8,12-13H,9H2,1-4H3. The van der Waals surface area contributed by atoms with Crippen molar-refractivity contribution in [3.05, 3.63) is 34.9 Å². The van der Waals surface area contributed by atoms with Crippen molar-refractivity contribution < 1.29 is 4.74 Å². The summed E-state index contributed by atoms with van der Waals surface area (Å²) < 4.78 is 5.95. The molecule has 1 atom stereocenters. The van der Waals surface area contributed by atoms with Crippen LogP contribution in [0.15, 0.2) is 18.2 Å². The molecule has 1 aromatic carbocycles. The Morgan fingerprint density at radius 3 is 2.40 bits per heavy atom. The Balaban J connectivity index is 3.26. The van der Waals surface area contributed by atoms with Crippen LogP contribution in [0.2, 0.25) is 0 Å². The highest BCUT2D eigenvalue weighted by Crippen LogP contribution is 2.29. The average molecular weight is 268 g/mol. The zero-order valence-corrected chi connectivity index (χ0v) is 12.5. The third-order valence-corrected chi connectivity index (χ3v) is 2.89. The lowest BCUT2D eigenvalue weighted by Crippen LogP contribution is -2.16. The average Bonchev–Trinajstić information content (AvgIpc) is 2.39. The van der Waals surface area contributed by atoms with Gasteiger partial charge in [0.05, 0.1) is 11.7 Å². The van der Waals surface area contributed by atoms with E-state index in [1.165, 1.54) is 0 Å². The summed E-state index contributed by atoms with van der Waals surface area (Å²) in [4.78, 5) is 0. The van der Waals surface area contributed by atoms with Crippen LogP contribution in [0.5, 0.6) is 5.75 Å². The molecular formula is C17H20N2O. The summed E-state index contributed by atoms with van der Waals surface area (Å²) in [5, 5.41) is 18.4. The Hall–Kier alpha value is -2.26. The van der Waals surface area contributed by atoms with E-state index in [9.17, 15) is 5.26 Å². The van der Waals surface area contributed by atoms with E-state index in [-0.39, 0.29) is 6.10 Å². The molecule has 0 aliphatic rings. The fraction of sp³-hybridized carbons (Fsp3) is 0.412. The number of allylic oxidation sites excluding steroid dienone is 1. The van der Waals surface area contributed by atoms with Crippen LogP contribution in [-0.2, 0) is 0 Å². The molecular weight excluding hydrogens is 248 g/mol. The minimum absolute atomic E-state index is 0.0000454. The molecule has 0 aliphatic heterocycles. The van der Waals surface area contributed by atoms with E-state index in [1.54, 1.807) is 6.07 Å². The van der Waals surface area contributed by atoms with Crippen molar-refractivity contribution in [2.45, 2.75) is 40.2 Å². The SMILES string of the molecule is CC=Cc1ccc(C#N)c(C#N)c1OC(C)CC(C)C. The molecule has 0 aromatic heterocycles. The smallest absolute Gasteiger partial charge is 0.146 e. The van der Waals surface area contributed by atoms with Gasteiger partial charge in [0.25, 0.3) is 0 Å². The minimum Gasteiger partial charge on any atom is -0.489 e. The Labute approximate surface area is 121 Å². The Bertz CT molecular complexity index is 574. The predicted molar refractivity (Wildman–Crippen MR) is 80.1 cm³/mol. The van der Waals surface area contributed by atoms with Gasteiger partial charge in [-0.05, 0) is 38.3 Å². The van der Waals surface area contributed by atoms with E-state index in [0.717, 1.165) is 12.0 Å². The van der Waals surface area contributed by atoms with Gasteiger partial charge in [0.1, 0.15) is 23.5 Å². The number of nitriles is 2. The van der Waals surface area contributed by atoms with Crippen LogP contribution in [0.4, 0.5) is 0 Å².